The van der Waals surface area contributed by atoms with Gasteiger partial charge in [0, 0.05) is 32.5 Å². The molecular weight excluding hydrogens is 284 g/mol. The van der Waals surface area contributed by atoms with Crippen LogP contribution in [0.2, 0.25) is 0 Å². The first kappa shape index (κ1) is 14.6. The highest BCUT2D eigenvalue weighted by molar-refractivity contribution is 6.91. The fourth-order valence-corrected chi connectivity index (χ4v) is 3.22. The minimum atomic E-state index is -0.213. The fourth-order valence-electron chi connectivity index (χ4n) is 3.22. The number of ether oxygens (including phenoxy) is 2. The third-order valence-corrected chi connectivity index (χ3v) is 4.97. The van der Waals surface area contributed by atoms with Crippen molar-refractivity contribution in [2.24, 2.45) is 0 Å². The van der Waals surface area contributed by atoms with Crippen LogP contribution in [-0.4, -0.2) is 26.2 Å². The normalized spacial score (nSPS) is 27.0. The molecule has 1 saturated carbocycles. The molecule has 1 heterocycles. The summed E-state index contributed by atoms with van der Waals surface area (Å²) >= 11 is 0. The summed E-state index contributed by atoms with van der Waals surface area (Å²) in [6.45, 7) is 4.91. The summed E-state index contributed by atoms with van der Waals surface area (Å²) in [5.74, 6) is 1.60. The van der Waals surface area contributed by atoms with Gasteiger partial charge in [-0.2, -0.15) is 0 Å². The van der Waals surface area contributed by atoms with E-state index in [4.69, 9.17) is 17.2 Å². The molecule has 2 aromatic carbocycles. The highest BCUT2D eigenvalue weighted by Gasteiger charge is 2.69. The van der Waals surface area contributed by atoms with Crippen molar-refractivity contribution < 1.29 is 9.47 Å². The van der Waals surface area contributed by atoms with E-state index in [0.29, 0.717) is 6.54 Å². The van der Waals surface area contributed by atoms with Crippen molar-refractivity contribution in [3.8, 4) is 11.5 Å². The Hall–Kier alpha value is -2.03. The fraction of sp³-hybridized carbons (Fsp3) is 0.333. The maximum atomic E-state index is 6.18. The molecule has 2 aromatic rings. The minimum Gasteiger partial charge on any atom is -0.479 e. The first-order valence-electron chi connectivity index (χ1n) is 7.91. The molecule has 1 aliphatic carbocycles. The summed E-state index contributed by atoms with van der Waals surface area (Å²) in [6.07, 6.45) is 0.917. The Balaban J connectivity index is 1.60. The zero-order chi connectivity index (χ0) is 16.1. The largest absolute Gasteiger partial charge is 0.479 e. The molecule has 1 aliphatic heterocycles. The third-order valence-electron chi connectivity index (χ3n) is 4.97. The maximum absolute atomic E-state index is 6.18. The van der Waals surface area contributed by atoms with Gasteiger partial charge in [0.1, 0.15) is 11.2 Å². The van der Waals surface area contributed by atoms with Gasteiger partial charge in [0.15, 0.2) is 18.8 Å². The molecule has 23 heavy (non-hydrogen) atoms. The standard InChI is InChI=1S/C18H18B2NO2/c1-17-12-18(17,2)23-16-10-14(8-9-15(16)22-17)21(20-19)11-13-6-4-3-5-7-13/h3-10H,11-12H2,1-2H3. The predicted molar refractivity (Wildman–Crippen MR) is 93.3 cm³/mol. The molecule has 2 unspecified atom stereocenters. The van der Waals surface area contributed by atoms with E-state index in [1.165, 1.54) is 5.56 Å². The molecular formula is C18H18B2NO2. The molecule has 1 fully saturated rings. The maximum Gasteiger partial charge on any atom is 0.184 e. The summed E-state index contributed by atoms with van der Waals surface area (Å²) in [5, 5.41) is 0. The van der Waals surface area contributed by atoms with Crippen LogP contribution in [0, 0.1) is 0 Å². The van der Waals surface area contributed by atoms with Gasteiger partial charge < -0.3 is 14.3 Å². The molecule has 0 bridgehead atoms. The van der Waals surface area contributed by atoms with Crippen molar-refractivity contribution in [3.63, 3.8) is 0 Å². The smallest absolute Gasteiger partial charge is 0.184 e. The van der Waals surface area contributed by atoms with Gasteiger partial charge in [-0.05, 0) is 31.5 Å². The minimum absolute atomic E-state index is 0.189. The van der Waals surface area contributed by atoms with E-state index in [9.17, 15) is 0 Å². The highest BCUT2D eigenvalue weighted by Crippen LogP contribution is 2.58. The lowest BCUT2D eigenvalue weighted by molar-refractivity contribution is 0.0430. The average molecular weight is 302 g/mol. The summed E-state index contributed by atoms with van der Waals surface area (Å²) in [7, 11) is 7.44. The lowest BCUT2D eigenvalue weighted by atomic mass is 9.64. The summed E-state index contributed by atoms with van der Waals surface area (Å²) < 4.78 is 12.3. The lowest BCUT2D eigenvalue weighted by Gasteiger charge is -2.31. The van der Waals surface area contributed by atoms with Crippen LogP contribution in [-0.2, 0) is 6.54 Å². The van der Waals surface area contributed by atoms with Crippen molar-refractivity contribution >= 4 is 20.7 Å². The van der Waals surface area contributed by atoms with Crippen LogP contribution in [0.4, 0.5) is 5.69 Å². The van der Waals surface area contributed by atoms with Crippen molar-refractivity contribution in [2.45, 2.75) is 38.0 Å². The van der Waals surface area contributed by atoms with Crippen LogP contribution < -0.4 is 14.3 Å². The molecule has 0 aromatic heterocycles. The third kappa shape index (κ3) is 2.39. The quantitative estimate of drug-likeness (QED) is 0.810. The van der Waals surface area contributed by atoms with Gasteiger partial charge in [0.2, 0.25) is 0 Å². The molecule has 5 heteroatoms. The second-order valence-electron chi connectivity index (χ2n) is 6.74. The Morgan fingerprint density at radius 2 is 1.74 bits per heavy atom. The zero-order valence-corrected chi connectivity index (χ0v) is 13.5. The van der Waals surface area contributed by atoms with E-state index in [-0.39, 0.29) is 11.2 Å². The monoisotopic (exact) mass is 302 g/mol. The Bertz CT molecular complexity index is 739. The first-order valence-corrected chi connectivity index (χ1v) is 7.91. The van der Waals surface area contributed by atoms with Gasteiger partial charge >= 0.3 is 0 Å². The van der Waals surface area contributed by atoms with E-state index in [2.05, 4.69) is 26.0 Å². The SMILES string of the molecule is [B][B]N(Cc1ccccc1)c1ccc2c(c1)OC1(C)CC1(C)O2. The number of anilines is 1. The number of hydrogen-bond acceptors (Lipinski definition) is 3. The van der Waals surface area contributed by atoms with Crippen LogP contribution >= 0.6 is 0 Å². The van der Waals surface area contributed by atoms with E-state index in [1.807, 2.05) is 41.2 Å². The van der Waals surface area contributed by atoms with Crippen LogP contribution in [0.15, 0.2) is 48.5 Å². The second-order valence-corrected chi connectivity index (χ2v) is 6.74. The van der Waals surface area contributed by atoms with Crippen LogP contribution in [0.5, 0.6) is 11.5 Å². The molecule has 0 saturated heterocycles. The lowest BCUT2D eigenvalue weighted by Crippen LogP contribution is -2.35. The van der Waals surface area contributed by atoms with E-state index < -0.39 is 0 Å². The molecule has 0 amide bonds. The summed E-state index contributed by atoms with van der Waals surface area (Å²) in [5.41, 5.74) is 1.79. The summed E-state index contributed by atoms with van der Waals surface area (Å²) in [4.78, 5) is 2.00. The Morgan fingerprint density at radius 1 is 1.04 bits per heavy atom. The van der Waals surface area contributed by atoms with E-state index in [0.717, 1.165) is 23.6 Å². The number of nitrogens with zero attached hydrogens (tertiary/aromatic N) is 1. The summed E-state index contributed by atoms with van der Waals surface area (Å²) in [6, 6.07) is 16.2. The van der Waals surface area contributed by atoms with Gasteiger partial charge in [-0.15, -0.1) is 0 Å². The van der Waals surface area contributed by atoms with Crippen LogP contribution in [0.3, 0.4) is 0 Å². The first-order chi connectivity index (χ1) is 11.0. The van der Waals surface area contributed by atoms with E-state index >= 15 is 0 Å². The van der Waals surface area contributed by atoms with Crippen molar-refractivity contribution in [1.29, 1.82) is 0 Å². The number of hydrogen-bond donors (Lipinski definition) is 0. The van der Waals surface area contributed by atoms with Gasteiger partial charge in [0.05, 0.1) is 0 Å². The number of rotatable bonds is 4. The number of benzene rings is 2. The Kier molecular flexibility index (Phi) is 3.15. The molecule has 4 rings (SSSR count). The van der Waals surface area contributed by atoms with Gasteiger partial charge in [0.25, 0.3) is 0 Å². The molecule has 2 atom stereocenters. The van der Waals surface area contributed by atoms with E-state index in [1.54, 1.807) is 7.31 Å². The second kappa shape index (κ2) is 4.98. The van der Waals surface area contributed by atoms with Crippen LogP contribution in [0.25, 0.3) is 0 Å². The highest BCUT2D eigenvalue weighted by atomic mass is 16.6. The topological polar surface area (TPSA) is 21.7 Å². The van der Waals surface area contributed by atoms with Gasteiger partial charge in [-0.1, -0.05) is 30.3 Å². The molecule has 3 nitrogen and oxygen atoms in total. The zero-order valence-electron chi connectivity index (χ0n) is 13.5. The molecule has 0 N–H and O–H groups in total. The van der Waals surface area contributed by atoms with Gasteiger partial charge in [-0.3, -0.25) is 0 Å². The molecule has 0 spiro atoms. The molecule has 3 radical (unpaired) electrons. The predicted octanol–water partition coefficient (Wildman–Crippen LogP) is 3.09. The van der Waals surface area contributed by atoms with Crippen molar-refractivity contribution in [2.75, 3.05) is 4.81 Å². The van der Waals surface area contributed by atoms with Crippen molar-refractivity contribution in [3.05, 3.63) is 54.1 Å². The molecule has 113 valence electrons. The Labute approximate surface area is 139 Å². The number of fused-ring (bicyclic) bond motifs is 2. The average Bonchev–Trinajstić information content (AvgIpc) is 3.11. The van der Waals surface area contributed by atoms with Crippen LogP contribution in [0.1, 0.15) is 25.8 Å². The molecule has 2 aliphatic rings. The van der Waals surface area contributed by atoms with Crippen molar-refractivity contribution in [1.82, 2.24) is 0 Å². The Morgan fingerprint density at radius 3 is 2.43 bits per heavy atom. The van der Waals surface area contributed by atoms with Gasteiger partial charge in [-0.25, -0.2) is 0 Å².